The van der Waals surface area contributed by atoms with Gasteiger partial charge in [0, 0.05) is 37.4 Å². The molecular formula is C18H26Cl2N4O2. The zero-order valence-electron chi connectivity index (χ0n) is 15.3. The molecule has 0 aliphatic carbocycles. The van der Waals surface area contributed by atoms with Gasteiger partial charge in [-0.3, -0.25) is 4.79 Å². The average molecular weight is 401 g/mol. The molecule has 0 bridgehead atoms. The first-order valence-electron chi connectivity index (χ1n) is 8.61. The van der Waals surface area contributed by atoms with E-state index in [2.05, 4.69) is 16.0 Å². The van der Waals surface area contributed by atoms with Crippen molar-refractivity contribution in [1.29, 1.82) is 0 Å². The van der Waals surface area contributed by atoms with Gasteiger partial charge in [0.2, 0.25) is 0 Å². The molecule has 3 N–H and O–H groups in total. The molecule has 0 aromatic heterocycles. The molecule has 1 aromatic carbocycles. The summed E-state index contributed by atoms with van der Waals surface area (Å²) < 4.78 is 0. The number of nitrogens with one attached hydrogen (secondary N) is 3. The minimum absolute atomic E-state index is 0. The lowest BCUT2D eigenvalue weighted by atomic mass is 10.0. The Bertz CT molecular complexity index is 678. The number of fused-ring (bicyclic) bond motifs is 1. The van der Waals surface area contributed by atoms with Gasteiger partial charge >= 0.3 is 6.03 Å². The molecule has 0 saturated carbocycles. The van der Waals surface area contributed by atoms with Crippen LogP contribution in [-0.4, -0.2) is 48.6 Å². The number of nitrogens with zero attached hydrogens (tertiary/aromatic N) is 1. The van der Waals surface area contributed by atoms with E-state index < -0.39 is 0 Å². The molecule has 2 heterocycles. The number of benzene rings is 1. The molecule has 0 unspecified atom stereocenters. The summed E-state index contributed by atoms with van der Waals surface area (Å²) in [4.78, 5) is 26.8. The van der Waals surface area contributed by atoms with E-state index >= 15 is 0 Å². The Morgan fingerprint density at radius 2 is 1.81 bits per heavy atom. The van der Waals surface area contributed by atoms with Crippen molar-refractivity contribution in [3.8, 4) is 0 Å². The lowest BCUT2D eigenvalue weighted by Gasteiger charge is -2.21. The largest absolute Gasteiger partial charge is 0.338 e. The minimum atomic E-state index is -0.337. The predicted octanol–water partition coefficient (Wildman–Crippen LogP) is 2.97. The Morgan fingerprint density at radius 1 is 1.19 bits per heavy atom. The standard InChI is InChI=1S/C18H25ClN4O2.ClH/c1-18(2,3)22-17(25)21-13-4-5-15(19)14(6-13)16(24)23-9-11-7-20-8-12(11)10-23;/h4-6,11-12,20H,7-10H2,1-3H3,(H2,21,22,25);1H/t11-,12+;. The number of urea groups is 1. The summed E-state index contributed by atoms with van der Waals surface area (Å²) in [5.41, 5.74) is 0.648. The quantitative estimate of drug-likeness (QED) is 0.714. The van der Waals surface area contributed by atoms with Crippen LogP contribution in [0, 0.1) is 11.8 Å². The first-order chi connectivity index (χ1) is 11.7. The zero-order valence-corrected chi connectivity index (χ0v) is 16.8. The topological polar surface area (TPSA) is 73.5 Å². The molecule has 0 spiro atoms. The highest BCUT2D eigenvalue weighted by atomic mass is 35.5. The summed E-state index contributed by atoms with van der Waals surface area (Å²) in [5.74, 6) is 0.988. The smallest absolute Gasteiger partial charge is 0.319 e. The predicted molar refractivity (Wildman–Crippen MR) is 106 cm³/mol. The second-order valence-corrected chi connectivity index (χ2v) is 8.32. The van der Waals surface area contributed by atoms with E-state index in [0.29, 0.717) is 28.1 Å². The third kappa shape index (κ3) is 4.81. The second kappa shape index (κ2) is 8.03. The lowest BCUT2D eigenvalue weighted by molar-refractivity contribution is 0.0782. The number of likely N-dealkylation sites (tertiary alicyclic amines) is 1. The van der Waals surface area contributed by atoms with Crippen molar-refractivity contribution in [3.63, 3.8) is 0 Å². The van der Waals surface area contributed by atoms with Crippen LogP contribution in [-0.2, 0) is 0 Å². The van der Waals surface area contributed by atoms with Gasteiger partial charge in [-0.25, -0.2) is 4.79 Å². The van der Waals surface area contributed by atoms with Crippen molar-refractivity contribution in [3.05, 3.63) is 28.8 Å². The van der Waals surface area contributed by atoms with Crippen LogP contribution in [0.15, 0.2) is 18.2 Å². The van der Waals surface area contributed by atoms with Crippen molar-refractivity contribution in [1.82, 2.24) is 15.5 Å². The molecule has 6 nitrogen and oxygen atoms in total. The van der Waals surface area contributed by atoms with Gasteiger partial charge in [-0.1, -0.05) is 11.6 Å². The molecule has 2 saturated heterocycles. The highest BCUT2D eigenvalue weighted by molar-refractivity contribution is 6.34. The molecule has 1 aromatic rings. The van der Waals surface area contributed by atoms with E-state index in [1.165, 1.54) is 0 Å². The SMILES string of the molecule is CC(C)(C)NC(=O)Nc1ccc(Cl)c(C(=O)N2C[C@H]3CNC[C@H]3C2)c1.Cl. The van der Waals surface area contributed by atoms with Crippen molar-refractivity contribution in [2.24, 2.45) is 11.8 Å². The van der Waals surface area contributed by atoms with E-state index in [0.717, 1.165) is 26.2 Å². The zero-order chi connectivity index (χ0) is 18.2. The van der Waals surface area contributed by atoms with Crippen LogP contribution in [0.25, 0.3) is 0 Å². The second-order valence-electron chi connectivity index (χ2n) is 7.91. The summed E-state index contributed by atoms with van der Waals surface area (Å²) in [6.07, 6.45) is 0. The van der Waals surface area contributed by atoms with Crippen LogP contribution in [0.1, 0.15) is 31.1 Å². The maximum Gasteiger partial charge on any atom is 0.319 e. The summed E-state index contributed by atoms with van der Waals surface area (Å²) in [5, 5.41) is 9.36. The first-order valence-corrected chi connectivity index (χ1v) is 8.99. The summed E-state index contributed by atoms with van der Waals surface area (Å²) in [6, 6.07) is 4.69. The Balaban J connectivity index is 0.00000243. The fourth-order valence-corrected chi connectivity index (χ4v) is 3.66. The molecule has 3 amide bonds. The number of anilines is 1. The maximum atomic E-state index is 12.9. The van der Waals surface area contributed by atoms with Crippen LogP contribution in [0.5, 0.6) is 0 Å². The van der Waals surface area contributed by atoms with Crippen molar-refractivity contribution < 1.29 is 9.59 Å². The number of hydrogen-bond donors (Lipinski definition) is 3. The Hall–Kier alpha value is -1.50. The number of rotatable bonds is 2. The average Bonchev–Trinajstić information content (AvgIpc) is 3.07. The van der Waals surface area contributed by atoms with Gasteiger partial charge in [0.25, 0.3) is 5.91 Å². The van der Waals surface area contributed by atoms with E-state index in [1.54, 1.807) is 18.2 Å². The van der Waals surface area contributed by atoms with Gasteiger partial charge in [-0.2, -0.15) is 0 Å². The van der Waals surface area contributed by atoms with E-state index in [-0.39, 0.29) is 29.9 Å². The van der Waals surface area contributed by atoms with Gasteiger partial charge in [-0.05, 0) is 50.8 Å². The monoisotopic (exact) mass is 400 g/mol. The molecule has 2 aliphatic heterocycles. The van der Waals surface area contributed by atoms with Crippen LogP contribution >= 0.6 is 24.0 Å². The third-order valence-electron chi connectivity index (χ3n) is 4.62. The van der Waals surface area contributed by atoms with Gasteiger partial charge in [0.05, 0.1) is 10.6 Å². The number of halogens is 2. The van der Waals surface area contributed by atoms with Gasteiger partial charge in [0.1, 0.15) is 0 Å². The minimum Gasteiger partial charge on any atom is -0.338 e. The van der Waals surface area contributed by atoms with Crippen LogP contribution in [0.2, 0.25) is 5.02 Å². The van der Waals surface area contributed by atoms with Crippen LogP contribution in [0.4, 0.5) is 10.5 Å². The Kier molecular flexibility index (Phi) is 6.42. The van der Waals surface area contributed by atoms with Crippen molar-refractivity contribution in [2.45, 2.75) is 26.3 Å². The number of carbonyl (C=O) groups excluding carboxylic acids is 2. The highest BCUT2D eigenvalue weighted by Crippen LogP contribution is 2.29. The number of hydrogen-bond acceptors (Lipinski definition) is 3. The Morgan fingerprint density at radius 3 is 2.38 bits per heavy atom. The molecule has 2 atom stereocenters. The van der Waals surface area contributed by atoms with E-state index in [1.807, 2.05) is 25.7 Å². The first kappa shape index (κ1) is 20.8. The summed E-state index contributed by atoms with van der Waals surface area (Å²) in [6.45, 7) is 9.17. The van der Waals surface area contributed by atoms with E-state index in [9.17, 15) is 9.59 Å². The van der Waals surface area contributed by atoms with Gasteiger partial charge < -0.3 is 20.9 Å². The molecule has 2 fully saturated rings. The fourth-order valence-electron chi connectivity index (χ4n) is 3.46. The maximum absolute atomic E-state index is 12.9. The van der Waals surface area contributed by atoms with Gasteiger partial charge in [-0.15, -0.1) is 12.4 Å². The van der Waals surface area contributed by atoms with Crippen molar-refractivity contribution >= 4 is 41.6 Å². The molecule has 2 aliphatic rings. The van der Waals surface area contributed by atoms with Gasteiger partial charge in [0.15, 0.2) is 0 Å². The summed E-state index contributed by atoms with van der Waals surface area (Å²) >= 11 is 6.24. The molecular weight excluding hydrogens is 375 g/mol. The summed E-state index contributed by atoms with van der Waals surface area (Å²) in [7, 11) is 0. The molecule has 8 heteroatoms. The third-order valence-corrected chi connectivity index (χ3v) is 4.95. The number of carbonyl (C=O) groups is 2. The normalized spacial score (nSPS) is 21.8. The fraction of sp³-hybridized carbons (Fsp3) is 0.556. The Labute approximate surface area is 165 Å². The highest BCUT2D eigenvalue weighted by Gasteiger charge is 2.38. The van der Waals surface area contributed by atoms with Crippen LogP contribution in [0.3, 0.4) is 0 Å². The van der Waals surface area contributed by atoms with Crippen LogP contribution < -0.4 is 16.0 Å². The van der Waals surface area contributed by atoms with Crippen molar-refractivity contribution in [2.75, 3.05) is 31.5 Å². The molecule has 3 rings (SSSR count). The molecule has 144 valence electrons. The lowest BCUT2D eigenvalue weighted by Crippen LogP contribution is -2.43. The molecule has 0 radical (unpaired) electrons. The number of amides is 3. The van der Waals surface area contributed by atoms with E-state index in [4.69, 9.17) is 11.6 Å². The molecule has 26 heavy (non-hydrogen) atoms.